The molecule has 1 atom stereocenters. The van der Waals surface area contributed by atoms with Crippen molar-refractivity contribution in [2.24, 2.45) is 0 Å². The molecule has 0 aliphatic heterocycles. The second-order valence-corrected chi connectivity index (χ2v) is 4.97. The lowest BCUT2D eigenvalue weighted by molar-refractivity contribution is 0.229. The van der Waals surface area contributed by atoms with Crippen LogP contribution in [0.5, 0.6) is 0 Å². The van der Waals surface area contributed by atoms with E-state index in [1.165, 1.54) is 0 Å². The van der Waals surface area contributed by atoms with Crippen molar-refractivity contribution in [2.75, 3.05) is 0 Å². The molecule has 21 heavy (non-hydrogen) atoms. The molecule has 2 aromatic rings. The Morgan fingerprint density at radius 2 is 1.57 bits per heavy atom. The van der Waals surface area contributed by atoms with Crippen LogP contribution in [0.2, 0.25) is 0 Å². The Labute approximate surface area is 125 Å². The van der Waals surface area contributed by atoms with E-state index in [4.69, 9.17) is 0 Å². The lowest BCUT2D eigenvalue weighted by atomic mass is 9.98. The summed E-state index contributed by atoms with van der Waals surface area (Å²) in [6.45, 7) is 1.65. The second kappa shape index (κ2) is 7.46. The zero-order valence-corrected chi connectivity index (χ0v) is 12.1. The first-order valence-corrected chi connectivity index (χ1v) is 7.02. The first kappa shape index (κ1) is 15.1. The van der Waals surface area contributed by atoms with Gasteiger partial charge in [0.05, 0.1) is 11.9 Å². The molecule has 2 nitrogen and oxygen atoms in total. The largest absolute Gasteiger partial charge is 0.512 e. The molecule has 0 bridgehead atoms. The minimum absolute atomic E-state index is 0.244. The van der Waals surface area contributed by atoms with Crippen molar-refractivity contribution < 1.29 is 10.2 Å². The molecule has 108 valence electrons. The number of hydrogen-bond donors (Lipinski definition) is 2. The van der Waals surface area contributed by atoms with Gasteiger partial charge in [-0.3, -0.25) is 0 Å². The molecule has 0 spiro atoms. The van der Waals surface area contributed by atoms with E-state index in [1.54, 1.807) is 13.0 Å². The van der Waals surface area contributed by atoms with Crippen LogP contribution < -0.4 is 0 Å². The van der Waals surface area contributed by atoms with Gasteiger partial charge in [-0.25, -0.2) is 0 Å². The number of benzene rings is 2. The van der Waals surface area contributed by atoms with Gasteiger partial charge in [0.15, 0.2) is 0 Å². The van der Waals surface area contributed by atoms with Crippen LogP contribution in [0.15, 0.2) is 72.5 Å². The van der Waals surface area contributed by atoms with Gasteiger partial charge in [0.1, 0.15) is 0 Å². The summed E-state index contributed by atoms with van der Waals surface area (Å²) in [6.07, 6.45) is 3.39. The Morgan fingerprint density at radius 3 is 2.14 bits per heavy atom. The molecule has 0 heterocycles. The molecule has 0 saturated heterocycles. The van der Waals surface area contributed by atoms with E-state index < -0.39 is 6.10 Å². The van der Waals surface area contributed by atoms with Crippen molar-refractivity contribution in [2.45, 2.75) is 19.4 Å². The Hall–Kier alpha value is -2.32. The highest BCUT2D eigenvalue weighted by molar-refractivity contribution is 5.67. The number of rotatable bonds is 5. The lowest BCUT2D eigenvalue weighted by Gasteiger charge is -2.12. The molecule has 0 radical (unpaired) electrons. The van der Waals surface area contributed by atoms with Crippen LogP contribution in [-0.2, 0) is 0 Å². The summed E-state index contributed by atoms with van der Waals surface area (Å²) in [6, 6.07) is 19.5. The van der Waals surface area contributed by atoms with Gasteiger partial charge in [-0.15, -0.1) is 0 Å². The molecule has 2 aromatic carbocycles. The maximum Gasteiger partial charge on any atom is 0.0930 e. The zero-order valence-electron chi connectivity index (χ0n) is 12.1. The molecule has 1 unspecified atom stereocenters. The molecule has 2 rings (SSSR count). The van der Waals surface area contributed by atoms with E-state index >= 15 is 0 Å². The van der Waals surface area contributed by atoms with Crippen molar-refractivity contribution >= 4 is 11.6 Å². The molecule has 2 heteroatoms. The van der Waals surface area contributed by atoms with Crippen LogP contribution in [0, 0.1) is 0 Å². The summed E-state index contributed by atoms with van der Waals surface area (Å²) in [5.41, 5.74) is 2.74. The summed E-state index contributed by atoms with van der Waals surface area (Å²) < 4.78 is 0. The number of aliphatic hydroxyl groups is 2. The summed E-state index contributed by atoms with van der Waals surface area (Å²) in [7, 11) is 0. The van der Waals surface area contributed by atoms with Gasteiger partial charge in [-0.1, -0.05) is 72.8 Å². The Bertz CT molecular complexity index is 609. The number of allylic oxidation sites excluding steroid dienone is 1. The first-order chi connectivity index (χ1) is 10.2. The van der Waals surface area contributed by atoms with Gasteiger partial charge in [0.25, 0.3) is 0 Å². The highest BCUT2D eigenvalue weighted by atomic mass is 16.3. The maximum atomic E-state index is 10.2. The molecule has 0 saturated carbocycles. The molecule has 0 fully saturated rings. The SMILES string of the molecule is CC(O)=C(CC(O)C=Cc1ccccc1)c1ccccc1. The second-order valence-electron chi connectivity index (χ2n) is 4.97. The van der Waals surface area contributed by atoms with Crippen molar-refractivity contribution in [1.82, 2.24) is 0 Å². The fourth-order valence-corrected chi connectivity index (χ4v) is 2.18. The van der Waals surface area contributed by atoms with Gasteiger partial charge in [-0.2, -0.15) is 0 Å². The van der Waals surface area contributed by atoms with Gasteiger partial charge in [0.2, 0.25) is 0 Å². The van der Waals surface area contributed by atoms with E-state index in [2.05, 4.69) is 0 Å². The van der Waals surface area contributed by atoms with E-state index in [-0.39, 0.29) is 5.76 Å². The lowest BCUT2D eigenvalue weighted by Crippen LogP contribution is -2.04. The Balaban J connectivity index is 2.08. The van der Waals surface area contributed by atoms with Crippen molar-refractivity contribution in [3.8, 4) is 0 Å². The summed E-state index contributed by atoms with van der Waals surface area (Å²) in [5, 5.41) is 20.0. The zero-order chi connectivity index (χ0) is 15.1. The van der Waals surface area contributed by atoms with Gasteiger partial charge < -0.3 is 10.2 Å². The predicted molar refractivity (Wildman–Crippen MR) is 87.8 cm³/mol. The molecule has 0 aliphatic carbocycles. The Morgan fingerprint density at radius 1 is 1.00 bits per heavy atom. The van der Waals surface area contributed by atoms with Crippen LogP contribution >= 0.6 is 0 Å². The monoisotopic (exact) mass is 280 g/mol. The molecule has 2 N–H and O–H groups in total. The van der Waals surface area contributed by atoms with Crippen LogP contribution in [0.25, 0.3) is 11.6 Å². The van der Waals surface area contributed by atoms with E-state index in [9.17, 15) is 10.2 Å². The van der Waals surface area contributed by atoms with Gasteiger partial charge in [-0.05, 0) is 23.6 Å². The van der Waals surface area contributed by atoms with Crippen LogP contribution in [0.4, 0.5) is 0 Å². The average molecular weight is 280 g/mol. The van der Waals surface area contributed by atoms with E-state index in [0.717, 1.165) is 16.7 Å². The number of hydrogen-bond acceptors (Lipinski definition) is 2. The van der Waals surface area contributed by atoms with Gasteiger partial charge in [0, 0.05) is 6.42 Å². The minimum Gasteiger partial charge on any atom is -0.512 e. The molecular formula is C19H20O2. The maximum absolute atomic E-state index is 10.2. The highest BCUT2D eigenvalue weighted by Gasteiger charge is 2.10. The van der Waals surface area contributed by atoms with Crippen molar-refractivity contribution in [1.29, 1.82) is 0 Å². The number of aliphatic hydroxyl groups excluding tert-OH is 2. The summed E-state index contributed by atoms with van der Waals surface area (Å²) in [5.74, 6) is 0.244. The van der Waals surface area contributed by atoms with Crippen LogP contribution in [-0.4, -0.2) is 16.3 Å². The third-order valence-corrected chi connectivity index (χ3v) is 3.28. The smallest absolute Gasteiger partial charge is 0.0930 e. The predicted octanol–water partition coefficient (Wildman–Crippen LogP) is 4.44. The van der Waals surface area contributed by atoms with Gasteiger partial charge >= 0.3 is 0 Å². The Kier molecular flexibility index (Phi) is 5.35. The van der Waals surface area contributed by atoms with Crippen LogP contribution in [0.1, 0.15) is 24.5 Å². The van der Waals surface area contributed by atoms with E-state index in [0.29, 0.717) is 6.42 Å². The fraction of sp³-hybridized carbons (Fsp3) is 0.158. The molecular weight excluding hydrogens is 260 g/mol. The highest BCUT2D eigenvalue weighted by Crippen LogP contribution is 2.23. The third-order valence-electron chi connectivity index (χ3n) is 3.28. The fourth-order valence-electron chi connectivity index (χ4n) is 2.18. The summed E-state index contributed by atoms with van der Waals surface area (Å²) >= 11 is 0. The molecule has 0 aliphatic rings. The minimum atomic E-state index is -0.637. The normalized spacial score (nSPS) is 14.0. The molecule has 0 amide bonds. The van der Waals surface area contributed by atoms with E-state index in [1.807, 2.05) is 66.7 Å². The van der Waals surface area contributed by atoms with Crippen LogP contribution in [0.3, 0.4) is 0 Å². The molecule has 0 aromatic heterocycles. The average Bonchev–Trinajstić information content (AvgIpc) is 2.52. The quantitative estimate of drug-likeness (QED) is 0.795. The first-order valence-electron chi connectivity index (χ1n) is 7.02. The standard InChI is InChI=1S/C19H20O2/c1-15(20)19(17-10-6-3-7-11-17)14-18(21)13-12-16-8-4-2-5-9-16/h2-13,18,20-21H,14H2,1H3. The van der Waals surface area contributed by atoms with Crippen molar-refractivity contribution in [3.63, 3.8) is 0 Å². The summed E-state index contributed by atoms with van der Waals surface area (Å²) in [4.78, 5) is 0. The topological polar surface area (TPSA) is 40.5 Å². The third kappa shape index (κ3) is 4.62. The van der Waals surface area contributed by atoms with Crippen molar-refractivity contribution in [3.05, 3.63) is 83.6 Å².